The lowest BCUT2D eigenvalue weighted by molar-refractivity contribution is 0.186. The van der Waals surface area contributed by atoms with Crippen molar-refractivity contribution in [2.24, 2.45) is 5.92 Å². The number of nitrogens with one attached hydrogen (secondary N) is 1. The monoisotopic (exact) mass is 223 g/mol. The number of hydrogen-bond acceptors (Lipinski definition) is 2. The number of ether oxygens (including phenoxy) is 1. The molecule has 0 amide bonds. The fourth-order valence-corrected chi connectivity index (χ4v) is 2.60. The van der Waals surface area contributed by atoms with E-state index in [-0.39, 0.29) is 11.7 Å². The second-order valence-electron chi connectivity index (χ2n) is 4.45. The van der Waals surface area contributed by atoms with Gasteiger partial charge in [-0.1, -0.05) is 13.0 Å². The van der Waals surface area contributed by atoms with Crippen molar-refractivity contribution in [1.29, 1.82) is 0 Å². The lowest BCUT2D eigenvalue weighted by Crippen LogP contribution is -2.46. The first kappa shape index (κ1) is 11.4. The molecule has 1 saturated carbocycles. The summed E-state index contributed by atoms with van der Waals surface area (Å²) in [5.74, 6) is 1.25. The first-order valence-electron chi connectivity index (χ1n) is 5.68. The molecular weight excluding hydrogens is 205 g/mol. The molecule has 88 valence electrons. The van der Waals surface area contributed by atoms with E-state index in [1.807, 2.05) is 13.1 Å². The maximum atomic E-state index is 13.8. The third-order valence-corrected chi connectivity index (χ3v) is 3.75. The molecule has 0 bridgehead atoms. The number of hydrogen-bond donors (Lipinski definition) is 1. The summed E-state index contributed by atoms with van der Waals surface area (Å²) in [6.45, 7) is 2.15. The van der Waals surface area contributed by atoms with E-state index in [9.17, 15) is 4.39 Å². The molecule has 3 unspecified atom stereocenters. The molecule has 1 fully saturated rings. The molecule has 3 atom stereocenters. The lowest BCUT2D eigenvalue weighted by atomic mass is 9.67. The van der Waals surface area contributed by atoms with Crippen molar-refractivity contribution in [3.05, 3.63) is 29.6 Å². The quantitative estimate of drug-likeness (QED) is 0.850. The number of halogens is 1. The van der Waals surface area contributed by atoms with Crippen molar-refractivity contribution < 1.29 is 9.13 Å². The number of methoxy groups -OCH3 is 1. The van der Waals surface area contributed by atoms with E-state index in [4.69, 9.17) is 4.74 Å². The zero-order valence-electron chi connectivity index (χ0n) is 9.96. The van der Waals surface area contributed by atoms with Gasteiger partial charge in [0.15, 0.2) is 0 Å². The van der Waals surface area contributed by atoms with E-state index in [0.717, 1.165) is 12.0 Å². The van der Waals surface area contributed by atoms with Gasteiger partial charge in [0, 0.05) is 11.6 Å². The second-order valence-corrected chi connectivity index (χ2v) is 4.45. The summed E-state index contributed by atoms with van der Waals surface area (Å²) in [7, 11) is 3.55. The molecule has 1 aliphatic carbocycles. The average molecular weight is 223 g/mol. The van der Waals surface area contributed by atoms with Gasteiger partial charge >= 0.3 is 0 Å². The van der Waals surface area contributed by atoms with E-state index in [0.29, 0.717) is 17.7 Å². The minimum atomic E-state index is -0.147. The first-order valence-corrected chi connectivity index (χ1v) is 5.68. The number of benzene rings is 1. The van der Waals surface area contributed by atoms with Crippen molar-refractivity contribution in [2.45, 2.75) is 25.3 Å². The molecule has 1 aromatic rings. The molecule has 0 aromatic heterocycles. The van der Waals surface area contributed by atoms with Gasteiger partial charge in [0.1, 0.15) is 11.6 Å². The highest BCUT2D eigenvalue weighted by atomic mass is 19.1. The standard InChI is InChI=1S/C13H18FNO/c1-8-9(7-11(8)15-2)13-10(14)5-4-6-12(13)16-3/h4-6,8-9,11,15H,7H2,1-3H3. The molecule has 2 rings (SSSR count). The van der Waals surface area contributed by atoms with Crippen LogP contribution in [-0.2, 0) is 0 Å². The Morgan fingerprint density at radius 3 is 2.75 bits per heavy atom. The summed E-state index contributed by atoms with van der Waals surface area (Å²) in [5.41, 5.74) is 0.740. The van der Waals surface area contributed by atoms with Crippen LogP contribution in [0.3, 0.4) is 0 Å². The van der Waals surface area contributed by atoms with Crippen LogP contribution < -0.4 is 10.1 Å². The number of rotatable bonds is 3. The first-order chi connectivity index (χ1) is 7.69. The fraction of sp³-hybridized carbons (Fsp3) is 0.538. The minimum Gasteiger partial charge on any atom is -0.496 e. The van der Waals surface area contributed by atoms with Gasteiger partial charge in [-0.3, -0.25) is 0 Å². The van der Waals surface area contributed by atoms with Crippen LogP contribution in [0.15, 0.2) is 18.2 Å². The maximum absolute atomic E-state index is 13.8. The third-order valence-electron chi connectivity index (χ3n) is 3.75. The van der Waals surface area contributed by atoms with E-state index in [2.05, 4.69) is 12.2 Å². The molecule has 0 spiro atoms. The molecule has 0 aliphatic heterocycles. The van der Waals surface area contributed by atoms with Gasteiger partial charge in [-0.25, -0.2) is 4.39 Å². The van der Waals surface area contributed by atoms with Gasteiger partial charge in [-0.2, -0.15) is 0 Å². The Balaban J connectivity index is 2.28. The Labute approximate surface area is 95.8 Å². The fourth-order valence-electron chi connectivity index (χ4n) is 2.60. The molecule has 1 aliphatic rings. The Kier molecular flexibility index (Phi) is 3.15. The summed E-state index contributed by atoms with van der Waals surface area (Å²) in [6, 6.07) is 5.53. The van der Waals surface area contributed by atoms with Crippen LogP contribution in [0.25, 0.3) is 0 Å². The summed E-state index contributed by atoms with van der Waals surface area (Å²) < 4.78 is 19.1. The summed E-state index contributed by atoms with van der Waals surface area (Å²) in [4.78, 5) is 0. The van der Waals surface area contributed by atoms with Crippen LogP contribution in [-0.4, -0.2) is 20.2 Å². The molecule has 0 saturated heterocycles. The van der Waals surface area contributed by atoms with Crippen molar-refractivity contribution in [3.63, 3.8) is 0 Å². The van der Waals surface area contributed by atoms with Gasteiger partial charge in [-0.05, 0) is 37.4 Å². The Bertz CT molecular complexity index is 380. The van der Waals surface area contributed by atoms with E-state index >= 15 is 0 Å². The van der Waals surface area contributed by atoms with Gasteiger partial charge in [0.2, 0.25) is 0 Å². The minimum absolute atomic E-state index is 0.147. The highest BCUT2D eigenvalue weighted by Gasteiger charge is 2.40. The lowest BCUT2D eigenvalue weighted by Gasteiger charge is -2.43. The van der Waals surface area contributed by atoms with Crippen LogP contribution in [0.1, 0.15) is 24.8 Å². The predicted octanol–water partition coefficient (Wildman–Crippen LogP) is 2.55. The van der Waals surface area contributed by atoms with Gasteiger partial charge in [0.25, 0.3) is 0 Å². The van der Waals surface area contributed by atoms with Gasteiger partial charge in [0.05, 0.1) is 7.11 Å². The van der Waals surface area contributed by atoms with Crippen LogP contribution in [0.2, 0.25) is 0 Å². The van der Waals surface area contributed by atoms with Crippen molar-refractivity contribution >= 4 is 0 Å². The van der Waals surface area contributed by atoms with Gasteiger partial charge < -0.3 is 10.1 Å². The van der Waals surface area contributed by atoms with E-state index in [1.54, 1.807) is 13.2 Å². The van der Waals surface area contributed by atoms with Crippen LogP contribution in [0.5, 0.6) is 5.75 Å². The van der Waals surface area contributed by atoms with Crippen LogP contribution in [0.4, 0.5) is 4.39 Å². The Morgan fingerprint density at radius 1 is 1.44 bits per heavy atom. The second kappa shape index (κ2) is 4.42. The SMILES string of the molecule is CNC1CC(c2c(F)cccc2OC)C1C. The normalized spacial score (nSPS) is 28.6. The molecule has 16 heavy (non-hydrogen) atoms. The summed E-state index contributed by atoms with van der Waals surface area (Å²) >= 11 is 0. The van der Waals surface area contributed by atoms with Crippen molar-refractivity contribution in [1.82, 2.24) is 5.32 Å². The Morgan fingerprint density at radius 2 is 2.19 bits per heavy atom. The largest absolute Gasteiger partial charge is 0.496 e. The highest BCUT2D eigenvalue weighted by molar-refractivity contribution is 5.39. The molecular formula is C13H18FNO. The van der Waals surface area contributed by atoms with Crippen LogP contribution in [0, 0.1) is 11.7 Å². The van der Waals surface area contributed by atoms with E-state index < -0.39 is 0 Å². The molecule has 0 heterocycles. The Hall–Kier alpha value is -1.09. The van der Waals surface area contributed by atoms with Gasteiger partial charge in [-0.15, -0.1) is 0 Å². The highest BCUT2D eigenvalue weighted by Crippen LogP contribution is 2.46. The smallest absolute Gasteiger partial charge is 0.130 e. The van der Waals surface area contributed by atoms with Crippen LogP contribution >= 0.6 is 0 Å². The molecule has 0 radical (unpaired) electrons. The third kappa shape index (κ3) is 1.69. The topological polar surface area (TPSA) is 21.3 Å². The zero-order chi connectivity index (χ0) is 11.7. The average Bonchev–Trinajstić information content (AvgIpc) is 2.29. The summed E-state index contributed by atoms with van der Waals surface area (Å²) in [5, 5.41) is 3.24. The zero-order valence-corrected chi connectivity index (χ0v) is 9.96. The summed E-state index contributed by atoms with van der Waals surface area (Å²) in [6.07, 6.45) is 0.981. The van der Waals surface area contributed by atoms with Crippen molar-refractivity contribution in [2.75, 3.05) is 14.2 Å². The molecule has 1 N–H and O–H groups in total. The molecule has 2 nitrogen and oxygen atoms in total. The van der Waals surface area contributed by atoms with E-state index in [1.165, 1.54) is 6.07 Å². The maximum Gasteiger partial charge on any atom is 0.130 e. The molecule has 1 aromatic carbocycles. The predicted molar refractivity (Wildman–Crippen MR) is 62.3 cm³/mol. The molecule has 3 heteroatoms. The van der Waals surface area contributed by atoms with Crippen molar-refractivity contribution in [3.8, 4) is 5.75 Å².